The molecule has 4 unspecified atom stereocenters. The second-order valence-corrected chi connectivity index (χ2v) is 7.85. The molecule has 1 saturated carbocycles. The lowest BCUT2D eigenvalue weighted by Gasteiger charge is -2.31. The molecule has 24 heavy (non-hydrogen) atoms. The van der Waals surface area contributed by atoms with Gasteiger partial charge in [0, 0.05) is 29.6 Å². The molecule has 1 aromatic carbocycles. The molecule has 130 valence electrons. The fourth-order valence-electron chi connectivity index (χ4n) is 4.72. The first-order valence-corrected chi connectivity index (χ1v) is 9.67. The number of benzene rings is 1. The normalized spacial score (nSPS) is 32.8. The lowest BCUT2D eigenvalue weighted by Crippen LogP contribution is -2.50. The number of amides is 1. The van der Waals surface area contributed by atoms with Crippen LogP contribution < -0.4 is 10.9 Å². The first kappa shape index (κ1) is 16.4. The van der Waals surface area contributed by atoms with E-state index >= 15 is 0 Å². The first-order chi connectivity index (χ1) is 11.7. The van der Waals surface area contributed by atoms with E-state index in [1.807, 2.05) is 18.2 Å². The fourth-order valence-corrected chi connectivity index (χ4v) is 4.93. The summed E-state index contributed by atoms with van der Waals surface area (Å²) in [7, 11) is 0. The van der Waals surface area contributed by atoms with Gasteiger partial charge in [-0.2, -0.15) is 0 Å². The van der Waals surface area contributed by atoms with Crippen molar-refractivity contribution < 1.29 is 4.79 Å². The number of carbonyl (C=O) groups excluding carboxylic acids is 1. The van der Waals surface area contributed by atoms with E-state index in [1.165, 1.54) is 19.3 Å². The summed E-state index contributed by atoms with van der Waals surface area (Å²) < 4.78 is 0. The van der Waals surface area contributed by atoms with E-state index in [-0.39, 0.29) is 18.0 Å². The monoisotopic (exact) mass is 347 g/mol. The fraction of sp³-hybridized carbons (Fsp3) is 0.632. The van der Waals surface area contributed by atoms with Crippen molar-refractivity contribution in [2.24, 2.45) is 5.92 Å². The molecule has 0 radical (unpaired) electrons. The van der Waals surface area contributed by atoms with Gasteiger partial charge in [0.05, 0.1) is 0 Å². The van der Waals surface area contributed by atoms with Crippen LogP contribution in [0.4, 0.5) is 0 Å². The van der Waals surface area contributed by atoms with Gasteiger partial charge in [-0.25, -0.2) is 5.43 Å². The van der Waals surface area contributed by atoms with E-state index < -0.39 is 0 Å². The largest absolute Gasteiger partial charge is 0.338 e. The lowest BCUT2D eigenvalue weighted by molar-refractivity contribution is -0.135. The highest BCUT2D eigenvalue weighted by Gasteiger charge is 2.44. The minimum atomic E-state index is -0.0536. The maximum absolute atomic E-state index is 13.2. The average molecular weight is 348 g/mol. The summed E-state index contributed by atoms with van der Waals surface area (Å²) in [6.07, 6.45) is 7.89. The van der Waals surface area contributed by atoms with Crippen molar-refractivity contribution in [3.8, 4) is 0 Å². The molecular formula is C19H26ClN3O. The number of halogens is 1. The standard InChI is InChI=1S/C19H26ClN3O/c20-16-9-3-1-6-13(16)12-14-7-5-11-23(14)19(24)18-15-8-2-4-10-17(15)21-22-18/h1,3,6,9,14-15,17-18,21-22H,2,4-5,7-8,10-12H2. The maximum atomic E-state index is 13.2. The van der Waals surface area contributed by atoms with Crippen molar-refractivity contribution >= 4 is 17.5 Å². The number of hydrazine groups is 1. The summed E-state index contributed by atoms with van der Waals surface area (Å²) >= 11 is 6.32. The minimum absolute atomic E-state index is 0.0536. The predicted molar refractivity (Wildman–Crippen MR) is 95.7 cm³/mol. The molecule has 2 aliphatic heterocycles. The molecule has 1 aliphatic carbocycles. The van der Waals surface area contributed by atoms with Crippen LogP contribution in [0.3, 0.4) is 0 Å². The van der Waals surface area contributed by atoms with Crippen molar-refractivity contribution in [3.63, 3.8) is 0 Å². The molecule has 0 bridgehead atoms. The quantitative estimate of drug-likeness (QED) is 0.883. The summed E-state index contributed by atoms with van der Waals surface area (Å²) in [5.41, 5.74) is 7.82. The van der Waals surface area contributed by atoms with Crippen LogP contribution in [0.25, 0.3) is 0 Å². The van der Waals surface area contributed by atoms with Gasteiger partial charge in [-0.1, -0.05) is 42.6 Å². The number of nitrogens with zero attached hydrogens (tertiary/aromatic N) is 1. The van der Waals surface area contributed by atoms with Gasteiger partial charge in [0.2, 0.25) is 5.91 Å². The molecule has 2 heterocycles. The van der Waals surface area contributed by atoms with Crippen molar-refractivity contribution in [2.75, 3.05) is 6.54 Å². The highest BCUT2D eigenvalue weighted by molar-refractivity contribution is 6.31. The third-order valence-corrected chi connectivity index (χ3v) is 6.38. The number of carbonyl (C=O) groups is 1. The highest BCUT2D eigenvalue weighted by atomic mass is 35.5. The molecule has 3 fully saturated rings. The number of hydrogen-bond acceptors (Lipinski definition) is 3. The van der Waals surface area contributed by atoms with E-state index in [2.05, 4.69) is 21.8 Å². The van der Waals surface area contributed by atoms with E-state index in [9.17, 15) is 4.79 Å². The Kier molecular flexibility index (Phi) is 4.79. The Balaban J connectivity index is 1.46. The van der Waals surface area contributed by atoms with Crippen molar-refractivity contribution in [1.82, 2.24) is 15.8 Å². The van der Waals surface area contributed by atoms with Gasteiger partial charge in [0.15, 0.2) is 0 Å². The number of likely N-dealkylation sites (tertiary alicyclic amines) is 1. The molecule has 4 atom stereocenters. The molecule has 5 heteroatoms. The molecule has 1 amide bonds. The van der Waals surface area contributed by atoms with Gasteiger partial charge >= 0.3 is 0 Å². The summed E-state index contributed by atoms with van der Waals surface area (Å²) in [6.45, 7) is 0.878. The maximum Gasteiger partial charge on any atom is 0.241 e. The average Bonchev–Trinajstić information content (AvgIpc) is 3.23. The van der Waals surface area contributed by atoms with E-state index in [4.69, 9.17) is 11.6 Å². The van der Waals surface area contributed by atoms with Crippen molar-refractivity contribution in [3.05, 3.63) is 34.9 Å². The van der Waals surface area contributed by atoms with Crippen LogP contribution in [-0.2, 0) is 11.2 Å². The summed E-state index contributed by atoms with van der Waals surface area (Å²) in [5.74, 6) is 0.735. The Bertz CT molecular complexity index is 608. The van der Waals surface area contributed by atoms with Gasteiger partial charge in [-0.15, -0.1) is 0 Å². The molecule has 0 spiro atoms. The van der Waals surface area contributed by atoms with E-state index in [1.54, 1.807) is 0 Å². The zero-order valence-electron chi connectivity index (χ0n) is 14.0. The zero-order valence-corrected chi connectivity index (χ0v) is 14.8. The predicted octanol–water partition coefficient (Wildman–Crippen LogP) is 2.91. The SMILES string of the molecule is O=C(C1NNC2CCCCC21)N1CCCC1Cc1ccccc1Cl. The Morgan fingerprint density at radius 3 is 2.83 bits per heavy atom. The second-order valence-electron chi connectivity index (χ2n) is 7.44. The van der Waals surface area contributed by atoms with Crippen LogP contribution in [0.15, 0.2) is 24.3 Å². The van der Waals surface area contributed by atoms with Crippen molar-refractivity contribution in [2.45, 2.75) is 63.1 Å². The Morgan fingerprint density at radius 2 is 1.96 bits per heavy atom. The molecule has 1 aromatic rings. The number of rotatable bonds is 3. The summed E-state index contributed by atoms with van der Waals surface area (Å²) in [4.78, 5) is 15.3. The number of fused-ring (bicyclic) bond motifs is 1. The molecule has 2 N–H and O–H groups in total. The summed E-state index contributed by atoms with van der Waals surface area (Å²) in [5, 5.41) is 0.810. The summed E-state index contributed by atoms with van der Waals surface area (Å²) in [6, 6.07) is 8.70. The van der Waals surface area contributed by atoms with Crippen LogP contribution in [0, 0.1) is 5.92 Å². The smallest absolute Gasteiger partial charge is 0.241 e. The van der Waals surface area contributed by atoms with Crippen LogP contribution in [0.1, 0.15) is 44.1 Å². The topological polar surface area (TPSA) is 44.4 Å². The van der Waals surface area contributed by atoms with Crippen LogP contribution in [0.5, 0.6) is 0 Å². The van der Waals surface area contributed by atoms with Crippen LogP contribution in [-0.4, -0.2) is 35.5 Å². The lowest BCUT2D eigenvalue weighted by atomic mass is 9.81. The first-order valence-electron chi connectivity index (χ1n) is 9.29. The van der Waals surface area contributed by atoms with E-state index in [0.717, 1.165) is 42.8 Å². The molecule has 0 aromatic heterocycles. The molecular weight excluding hydrogens is 322 g/mol. The van der Waals surface area contributed by atoms with Gasteiger partial charge in [-0.05, 0) is 43.7 Å². The third-order valence-electron chi connectivity index (χ3n) is 6.01. The molecule has 4 rings (SSSR count). The Hall–Kier alpha value is -1.10. The number of nitrogens with one attached hydrogen (secondary N) is 2. The van der Waals surface area contributed by atoms with Gasteiger partial charge < -0.3 is 4.90 Å². The van der Waals surface area contributed by atoms with Crippen LogP contribution in [0.2, 0.25) is 5.02 Å². The minimum Gasteiger partial charge on any atom is -0.338 e. The third kappa shape index (κ3) is 3.07. The molecule has 4 nitrogen and oxygen atoms in total. The number of hydrogen-bond donors (Lipinski definition) is 2. The zero-order chi connectivity index (χ0) is 16.5. The van der Waals surface area contributed by atoms with Gasteiger partial charge in [-0.3, -0.25) is 10.2 Å². The second kappa shape index (κ2) is 7.03. The molecule has 2 saturated heterocycles. The van der Waals surface area contributed by atoms with Gasteiger partial charge in [0.25, 0.3) is 0 Å². The van der Waals surface area contributed by atoms with Crippen LogP contribution >= 0.6 is 11.6 Å². The van der Waals surface area contributed by atoms with Crippen molar-refractivity contribution in [1.29, 1.82) is 0 Å². The Labute approximate surface area is 148 Å². The highest BCUT2D eigenvalue weighted by Crippen LogP contribution is 2.33. The Morgan fingerprint density at radius 1 is 1.12 bits per heavy atom. The molecule has 3 aliphatic rings. The van der Waals surface area contributed by atoms with E-state index in [0.29, 0.717) is 12.0 Å². The van der Waals surface area contributed by atoms with Gasteiger partial charge in [0.1, 0.15) is 6.04 Å².